The molecule has 1 aliphatic rings. The van der Waals surface area contributed by atoms with Crippen molar-refractivity contribution in [2.24, 2.45) is 16.6 Å². The summed E-state index contributed by atoms with van der Waals surface area (Å²) in [6.45, 7) is 5.68. The van der Waals surface area contributed by atoms with Crippen LogP contribution in [-0.2, 0) is 16.6 Å². The fourth-order valence-electron chi connectivity index (χ4n) is 3.37. The molecule has 28 heavy (non-hydrogen) atoms. The standard InChI is InChI=1S/C21H28N4O2S/c1-16-5-3-7-19(13-16)24-21(22)23-14-18-8-10-20(11-9-18)28(26,27)25-12-4-6-17(2)15-25/h3,5,7-11,13,17H,4,6,12,14-15H2,1-2H3,(H3,22,23,24). The van der Waals surface area contributed by atoms with E-state index in [-0.39, 0.29) is 0 Å². The van der Waals surface area contributed by atoms with Crippen LogP contribution >= 0.6 is 0 Å². The number of nitrogens with two attached hydrogens (primary N) is 1. The second-order valence-electron chi connectivity index (χ2n) is 7.45. The van der Waals surface area contributed by atoms with Gasteiger partial charge in [0.05, 0.1) is 11.4 Å². The number of hydrogen-bond donors (Lipinski definition) is 2. The van der Waals surface area contributed by atoms with Crippen LogP contribution in [0.25, 0.3) is 0 Å². The van der Waals surface area contributed by atoms with E-state index in [1.165, 1.54) is 0 Å². The summed E-state index contributed by atoms with van der Waals surface area (Å²) in [4.78, 5) is 4.67. The number of aryl methyl sites for hydroxylation is 1. The Morgan fingerprint density at radius 3 is 2.68 bits per heavy atom. The summed E-state index contributed by atoms with van der Waals surface area (Å²) < 4.78 is 27.2. The third kappa shape index (κ3) is 5.11. The number of guanidine groups is 1. The summed E-state index contributed by atoms with van der Waals surface area (Å²) in [6, 6.07) is 14.8. The minimum absolute atomic E-state index is 0.324. The number of rotatable bonds is 5. The minimum Gasteiger partial charge on any atom is -0.370 e. The number of sulfonamides is 1. The lowest BCUT2D eigenvalue weighted by molar-refractivity contribution is 0.281. The molecular formula is C21H28N4O2S. The van der Waals surface area contributed by atoms with Gasteiger partial charge in [-0.1, -0.05) is 31.2 Å². The number of hydrogen-bond acceptors (Lipinski definition) is 3. The highest BCUT2D eigenvalue weighted by atomic mass is 32.2. The van der Waals surface area contributed by atoms with Crippen LogP contribution < -0.4 is 11.1 Å². The van der Waals surface area contributed by atoms with Crippen LogP contribution in [0.4, 0.5) is 5.69 Å². The Morgan fingerprint density at radius 1 is 1.25 bits per heavy atom. The first kappa shape index (κ1) is 20.4. The van der Waals surface area contributed by atoms with Crippen LogP contribution in [-0.4, -0.2) is 31.8 Å². The molecule has 1 aliphatic heterocycles. The molecule has 1 atom stereocenters. The molecule has 7 heteroatoms. The zero-order valence-corrected chi connectivity index (χ0v) is 17.2. The van der Waals surface area contributed by atoms with Crippen LogP contribution in [0.3, 0.4) is 0 Å². The third-order valence-corrected chi connectivity index (χ3v) is 6.78. The minimum atomic E-state index is -3.43. The Hall–Kier alpha value is -2.38. The highest BCUT2D eigenvalue weighted by Gasteiger charge is 2.28. The number of aliphatic imine (C=N–C) groups is 1. The molecule has 2 aromatic rings. The van der Waals surface area contributed by atoms with E-state index in [4.69, 9.17) is 5.73 Å². The van der Waals surface area contributed by atoms with Gasteiger partial charge in [-0.2, -0.15) is 4.31 Å². The quantitative estimate of drug-likeness (QED) is 0.595. The number of anilines is 1. The van der Waals surface area contributed by atoms with Crippen LogP contribution in [0.15, 0.2) is 58.4 Å². The summed E-state index contributed by atoms with van der Waals surface area (Å²) in [5, 5.41) is 3.06. The molecule has 1 saturated heterocycles. The second-order valence-corrected chi connectivity index (χ2v) is 9.39. The topological polar surface area (TPSA) is 87.8 Å². The van der Waals surface area contributed by atoms with Gasteiger partial charge < -0.3 is 11.1 Å². The van der Waals surface area contributed by atoms with Gasteiger partial charge in [0, 0.05) is 18.8 Å². The van der Waals surface area contributed by atoms with Crippen molar-refractivity contribution in [1.29, 1.82) is 0 Å². The summed E-state index contributed by atoms with van der Waals surface area (Å²) in [5.41, 5.74) is 8.88. The Balaban J connectivity index is 1.64. The van der Waals surface area contributed by atoms with E-state index in [2.05, 4.69) is 17.2 Å². The van der Waals surface area contributed by atoms with Crippen LogP contribution in [0.1, 0.15) is 30.9 Å². The molecule has 1 fully saturated rings. The summed E-state index contributed by atoms with van der Waals surface area (Å²) in [7, 11) is -3.43. The largest absolute Gasteiger partial charge is 0.370 e. The predicted octanol–water partition coefficient (Wildman–Crippen LogP) is 3.34. The molecule has 0 aromatic heterocycles. The molecule has 0 spiro atoms. The molecule has 2 aromatic carbocycles. The molecule has 0 saturated carbocycles. The molecular weight excluding hydrogens is 372 g/mol. The first-order chi connectivity index (χ1) is 13.3. The van der Waals surface area contributed by atoms with E-state index in [1.807, 2.05) is 31.2 Å². The molecule has 0 radical (unpaired) electrons. The second kappa shape index (κ2) is 8.75. The smallest absolute Gasteiger partial charge is 0.243 e. The molecule has 0 aliphatic carbocycles. The van der Waals surface area contributed by atoms with Crippen LogP contribution in [0.5, 0.6) is 0 Å². The van der Waals surface area contributed by atoms with Crippen molar-refractivity contribution in [2.45, 2.75) is 38.1 Å². The van der Waals surface area contributed by atoms with Crippen molar-refractivity contribution in [3.8, 4) is 0 Å². The van der Waals surface area contributed by atoms with Gasteiger partial charge in [0.15, 0.2) is 5.96 Å². The van der Waals surface area contributed by atoms with Gasteiger partial charge in [-0.15, -0.1) is 0 Å². The van der Waals surface area contributed by atoms with E-state index in [0.29, 0.717) is 36.4 Å². The van der Waals surface area contributed by atoms with Crippen molar-refractivity contribution >= 4 is 21.7 Å². The molecule has 1 heterocycles. The number of benzene rings is 2. The van der Waals surface area contributed by atoms with Crippen molar-refractivity contribution in [2.75, 3.05) is 18.4 Å². The lowest BCUT2D eigenvalue weighted by Gasteiger charge is -2.30. The number of piperidine rings is 1. The van der Waals surface area contributed by atoms with Crippen molar-refractivity contribution < 1.29 is 8.42 Å². The van der Waals surface area contributed by atoms with Gasteiger partial charge in [0.1, 0.15) is 0 Å². The van der Waals surface area contributed by atoms with Crippen molar-refractivity contribution in [3.63, 3.8) is 0 Å². The Morgan fingerprint density at radius 2 is 2.00 bits per heavy atom. The average Bonchev–Trinajstić information content (AvgIpc) is 2.67. The molecule has 3 rings (SSSR count). The number of nitrogens with one attached hydrogen (secondary N) is 1. The first-order valence-electron chi connectivity index (χ1n) is 9.57. The zero-order valence-electron chi connectivity index (χ0n) is 16.4. The van der Waals surface area contributed by atoms with Gasteiger partial charge >= 0.3 is 0 Å². The summed E-state index contributed by atoms with van der Waals surface area (Å²) >= 11 is 0. The van der Waals surface area contributed by atoms with Crippen molar-refractivity contribution in [1.82, 2.24) is 4.31 Å². The summed E-state index contributed by atoms with van der Waals surface area (Å²) in [6.07, 6.45) is 2.00. The van der Waals surface area contributed by atoms with Gasteiger partial charge in [0.25, 0.3) is 0 Å². The van der Waals surface area contributed by atoms with Gasteiger partial charge in [-0.05, 0) is 61.1 Å². The normalized spacial score (nSPS) is 18.8. The van der Waals surface area contributed by atoms with E-state index in [1.54, 1.807) is 28.6 Å². The van der Waals surface area contributed by atoms with Crippen LogP contribution in [0, 0.1) is 12.8 Å². The van der Waals surface area contributed by atoms with E-state index in [0.717, 1.165) is 29.7 Å². The number of nitrogens with zero attached hydrogens (tertiary/aromatic N) is 2. The molecule has 3 N–H and O–H groups in total. The molecule has 0 bridgehead atoms. The maximum Gasteiger partial charge on any atom is 0.243 e. The molecule has 150 valence electrons. The molecule has 0 amide bonds. The lowest BCUT2D eigenvalue weighted by Crippen LogP contribution is -2.39. The monoisotopic (exact) mass is 400 g/mol. The maximum absolute atomic E-state index is 12.8. The third-order valence-electron chi connectivity index (χ3n) is 4.90. The van der Waals surface area contributed by atoms with Crippen LogP contribution in [0.2, 0.25) is 0 Å². The Labute approximate surface area is 167 Å². The Bertz CT molecular complexity index is 939. The SMILES string of the molecule is Cc1cccc(NC(N)=NCc2ccc(S(=O)(=O)N3CCCC(C)C3)cc2)c1. The molecule has 6 nitrogen and oxygen atoms in total. The highest BCUT2D eigenvalue weighted by molar-refractivity contribution is 7.89. The molecule has 1 unspecified atom stereocenters. The fourth-order valence-corrected chi connectivity index (χ4v) is 4.97. The lowest BCUT2D eigenvalue weighted by atomic mass is 10.0. The zero-order chi connectivity index (χ0) is 20.1. The van der Waals surface area contributed by atoms with Gasteiger partial charge in [-0.3, -0.25) is 0 Å². The summed E-state index contributed by atoms with van der Waals surface area (Å²) in [5.74, 6) is 0.727. The maximum atomic E-state index is 12.8. The van der Waals surface area contributed by atoms with E-state index < -0.39 is 10.0 Å². The average molecular weight is 401 g/mol. The highest BCUT2D eigenvalue weighted by Crippen LogP contribution is 2.23. The van der Waals surface area contributed by atoms with E-state index in [9.17, 15) is 8.42 Å². The first-order valence-corrected chi connectivity index (χ1v) is 11.0. The fraction of sp³-hybridized carbons (Fsp3) is 0.381. The van der Waals surface area contributed by atoms with E-state index >= 15 is 0 Å². The Kier molecular flexibility index (Phi) is 6.36. The predicted molar refractivity (Wildman–Crippen MR) is 114 cm³/mol. The van der Waals surface area contributed by atoms with Gasteiger partial charge in [-0.25, -0.2) is 13.4 Å². The van der Waals surface area contributed by atoms with Gasteiger partial charge in [0.2, 0.25) is 10.0 Å². The van der Waals surface area contributed by atoms with Crippen molar-refractivity contribution in [3.05, 3.63) is 59.7 Å².